The van der Waals surface area contributed by atoms with Crippen molar-refractivity contribution in [2.24, 2.45) is 5.92 Å². The smallest absolute Gasteiger partial charge is 0.269 e. The molecule has 0 spiro atoms. The number of aliphatic hydroxyl groups excluding tert-OH is 2. The number of β-amino-alcohol motifs (C(OH)–C–C–N with tert-alkyl or cyclic N) is 2. The topological polar surface area (TPSA) is 236 Å². The molecule has 3 fully saturated rings. The van der Waals surface area contributed by atoms with E-state index in [1.165, 1.54) is 27.9 Å². The number of carbonyl (C=O) groups excluding carboxylic acids is 6. The summed E-state index contributed by atoms with van der Waals surface area (Å²) in [5.74, 6) is -5.94. The van der Waals surface area contributed by atoms with Crippen LogP contribution in [0.1, 0.15) is 52.5 Å². The number of amides is 6. The van der Waals surface area contributed by atoms with Crippen LogP contribution >= 0.6 is 0 Å². The van der Waals surface area contributed by atoms with Crippen LogP contribution in [0.3, 0.4) is 0 Å². The Morgan fingerprint density at radius 3 is 1.90 bits per heavy atom. The summed E-state index contributed by atoms with van der Waals surface area (Å²) in [6, 6.07) is 1.12. The quantitative estimate of drug-likeness (QED) is 0.154. The Labute approximate surface area is 302 Å². The van der Waals surface area contributed by atoms with Gasteiger partial charge in [-0.15, -0.1) is 0 Å². The van der Waals surface area contributed by atoms with Gasteiger partial charge in [0.05, 0.1) is 24.4 Å². The number of benzene rings is 1. The number of nitrogens with one attached hydrogen (secondary N) is 3. The largest absolute Gasteiger partial charge is 0.392 e. The number of aliphatic hydroxyl groups is 3. The number of carbonyl (C=O) groups is 6. The van der Waals surface area contributed by atoms with Crippen molar-refractivity contribution in [3.8, 4) is 0 Å². The minimum absolute atomic E-state index is 0.0963. The lowest BCUT2D eigenvalue weighted by atomic mass is 9.92. The fraction of sp³-hybridized carbons (Fsp3) is 0.647. The number of rotatable bonds is 5. The van der Waals surface area contributed by atoms with Crippen LogP contribution < -0.4 is 16.2 Å². The van der Waals surface area contributed by atoms with E-state index in [0.29, 0.717) is 12.0 Å². The van der Waals surface area contributed by atoms with Crippen LogP contribution in [0.5, 0.6) is 0 Å². The van der Waals surface area contributed by atoms with Gasteiger partial charge in [0, 0.05) is 46.4 Å². The summed E-state index contributed by atoms with van der Waals surface area (Å²) in [6.07, 6.45) is -2.54. The molecule has 18 heteroatoms. The standard InChI is InChI=1S/C34H52N8O10/c1-7-19(2)27-32(49)40-25(15-22(44)16-35-40)31(48)39(6)28(34(3,4)51)33(50)41-24(14-21(43)17-36-41)30(47)38(5)18-26(45)37-23(29(46)42(27)52)13-20-11-9-8-10-12-20/h8-12,19,21-25,27-28,35-36,43-44,51-52H,7,13-18H2,1-6H3,(H,37,45)/t19?,21-,22-,23-,24-,25-,27?,28-/m1/s1. The van der Waals surface area contributed by atoms with Gasteiger partial charge in [-0.3, -0.25) is 44.0 Å². The summed E-state index contributed by atoms with van der Waals surface area (Å²) in [7, 11) is 2.53. The van der Waals surface area contributed by atoms with E-state index in [2.05, 4.69) is 16.2 Å². The minimum atomic E-state index is -1.93. The van der Waals surface area contributed by atoms with Crippen LogP contribution in [0.15, 0.2) is 30.3 Å². The third kappa shape index (κ3) is 8.87. The van der Waals surface area contributed by atoms with Crippen LogP contribution in [0.4, 0.5) is 0 Å². The SMILES string of the molecule is CCC(C)C1C(=O)N2NC[C@H](O)C[C@@H]2C(=O)N(C)[C@@H](C(C)(C)O)C(=O)N2NC[C@H](O)C[C@@H]2C(=O)N(C)CC(=O)N[C@H](Cc2ccccc2)C(=O)N1O. The zero-order valence-corrected chi connectivity index (χ0v) is 30.4. The lowest BCUT2D eigenvalue weighted by Crippen LogP contribution is -2.71. The Morgan fingerprint density at radius 2 is 1.37 bits per heavy atom. The molecule has 3 heterocycles. The number of hydrogen-bond acceptors (Lipinski definition) is 12. The average molecular weight is 733 g/mol. The van der Waals surface area contributed by atoms with Gasteiger partial charge < -0.3 is 30.4 Å². The van der Waals surface area contributed by atoms with E-state index in [4.69, 9.17) is 0 Å². The predicted molar refractivity (Wildman–Crippen MR) is 183 cm³/mol. The molecule has 3 aliphatic rings. The first-order valence-electron chi connectivity index (χ1n) is 17.5. The third-order valence-electron chi connectivity index (χ3n) is 9.89. The summed E-state index contributed by atoms with van der Waals surface area (Å²) in [5, 5.41) is 48.7. The number of hydroxylamine groups is 2. The summed E-state index contributed by atoms with van der Waals surface area (Å²) < 4.78 is 0. The number of nitrogens with zero attached hydrogens (tertiary/aromatic N) is 5. The molecule has 7 N–H and O–H groups in total. The van der Waals surface area contributed by atoms with Crippen molar-refractivity contribution in [3.63, 3.8) is 0 Å². The maximum Gasteiger partial charge on any atom is 0.269 e. The van der Waals surface area contributed by atoms with Gasteiger partial charge in [0.25, 0.3) is 17.7 Å². The number of fused-ring (bicyclic) bond motifs is 2. The van der Waals surface area contributed by atoms with Crippen molar-refractivity contribution in [1.29, 1.82) is 0 Å². The molecule has 1 aromatic carbocycles. The second-order valence-electron chi connectivity index (χ2n) is 14.5. The Bertz CT molecular complexity index is 1490. The van der Waals surface area contributed by atoms with E-state index in [1.54, 1.807) is 44.2 Å². The molecule has 3 aliphatic heterocycles. The molecule has 8 atom stereocenters. The Hall–Kier alpha value is -4.20. The van der Waals surface area contributed by atoms with Gasteiger partial charge in [-0.25, -0.2) is 15.9 Å². The van der Waals surface area contributed by atoms with E-state index in [0.717, 1.165) is 19.8 Å². The lowest BCUT2D eigenvalue weighted by Gasteiger charge is -2.46. The average Bonchev–Trinajstić information content (AvgIpc) is 3.09. The van der Waals surface area contributed by atoms with Crippen LogP contribution in [-0.2, 0) is 35.2 Å². The number of hydrogen-bond donors (Lipinski definition) is 7. The van der Waals surface area contributed by atoms with E-state index in [1.807, 2.05) is 0 Å². The molecule has 0 bridgehead atoms. The van der Waals surface area contributed by atoms with Crippen molar-refractivity contribution >= 4 is 35.4 Å². The molecule has 6 amide bonds. The minimum Gasteiger partial charge on any atom is -0.392 e. The lowest BCUT2D eigenvalue weighted by molar-refractivity contribution is -0.194. The maximum absolute atomic E-state index is 14.4. The zero-order valence-electron chi connectivity index (χ0n) is 30.4. The number of hydrazine groups is 2. The first kappa shape index (κ1) is 40.6. The van der Waals surface area contributed by atoms with Crippen LogP contribution in [0.2, 0.25) is 0 Å². The second-order valence-corrected chi connectivity index (χ2v) is 14.5. The molecule has 4 rings (SSSR count). The first-order chi connectivity index (χ1) is 24.4. The molecule has 2 unspecified atom stereocenters. The van der Waals surface area contributed by atoms with Crippen molar-refractivity contribution < 1.29 is 49.3 Å². The fourth-order valence-corrected chi connectivity index (χ4v) is 6.93. The van der Waals surface area contributed by atoms with Gasteiger partial charge >= 0.3 is 0 Å². The van der Waals surface area contributed by atoms with Gasteiger partial charge in [0.2, 0.25) is 17.7 Å². The highest BCUT2D eigenvalue weighted by Gasteiger charge is 2.50. The highest BCUT2D eigenvalue weighted by molar-refractivity contribution is 5.97. The van der Waals surface area contributed by atoms with Crippen LogP contribution in [-0.4, -0.2) is 163 Å². The Morgan fingerprint density at radius 1 is 0.827 bits per heavy atom. The van der Waals surface area contributed by atoms with Gasteiger partial charge in [-0.2, -0.15) is 0 Å². The zero-order chi connectivity index (χ0) is 38.7. The fourth-order valence-electron chi connectivity index (χ4n) is 6.93. The van der Waals surface area contributed by atoms with Gasteiger partial charge in [0.1, 0.15) is 30.2 Å². The summed E-state index contributed by atoms with van der Waals surface area (Å²) >= 11 is 0. The van der Waals surface area contributed by atoms with Gasteiger partial charge in [0.15, 0.2) is 0 Å². The molecule has 0 aromatic heterocycles. The monoisotopic (exact) mass is 732 g/mol. The van der Waals surface area contributed by atoms with E-state index < -0.39 is 95.9 Å². The molecule has 288 valence electrons. The van der Waals surface area contributed by atoms with Gasteiger partial charge in [-0.1, -0.05) is 50.6 Å². The van der Waals surface area contributed by atoms with Crippen molar-refractivity contribution in [2.45, 2.75) is 101 Å². The normalized spacial score (nSPS) is 30.0. The summed E-state index contributed by atoms with van der Waals surface area (Å²) in [6.45, 7) is 5.03. The molecular weight excluding hydrogens is 680 g/mol. The molecule has 52 heavy (non-hydrogen) atoms. The molecule has 0 aliphatic carbocycles. The second kappa shape index (κ2) is 16.6. The highest BCUT2D eigenvalue weighted by atomic mass is 16.5. The van der Waals surface area contributed by atoms with E-state index in [-0.39, 0.29) is 37.4 Å². The van der Waals surface area contributed by atoms with Crippen LogP contribution in [0.25, 0.3) is 0 Å². The molecule has 0 saturated carbocycles. The van der Waals surface area contributed by atoms with E-state index in [9.17, 15) is 49.3 Å². The summed E-state index contributed by atoms with van der Waals surface area (Å²) in [5.41, 5.74) is 4.14. The predicted octanol–water partition coefficient (Wildman–Crippen LogP) is -2.65. The first-order valence-corrected chi connectivity index (χ1v) is 17.5. The Kier molecular flexibility index (Phi) is 13.0. The molecule has 1 aromatic rings. The highest BCUT2D eigenvalue weighted by Crippen LogP contribution is 2.26. The summed E-state index contributed by atoms with van der Waals surface area (Å²) in [4.78, 5) is 86.5. The van der Waals surface area contributed by atoms with Gasteiger partial charge in [-0.05, 0) is 25.3 Å². The van der Waals surface area contributed by atoms with Crippen molar-refractivity contribution in [3.05, 3.63) is 35.9 Å². The molecule has 0 radical (unpaired) electrons. The Balaban J connectivity index is 1.86. The van der Waals surface area contributed by atoms with E-state index >= 15 is 0 Å². The molecular formula is C34H52N8O10. The third-order valence-corrected chi connectivity index (χ3v) is 9.89. The molecule has 18 nitrogen and oxygen atoms in total. The molecule has 3 saturated heterocycles. The maximum atomic E-state index is 14.4. The van der Waals surface area contributed by atoms with Crippen molar-refractivity contribution in [1.82, 2.24) is 41.0 Å². The van der Waals surface area contributed by atoms with Crippen molar-refractivity contribution in [2.75, 3.05) is 33.7 Å². The number of likely N-dealkylation sites (N-methyl/N-ethyl adjacent to an activating group) is 2. The van der Waals surface area contributed by atoms with Crippen LogP contribution in [0, 0.1) is 5.92 Å².